The monoisotopic (exact) mass is 698 g/mol. The summed E-state index contributed by atoms with van der Waals surface area (Å²) in [4.78, 5) is 58.7. The lowest BCUT2D eigenvalue weighted by atomic mass is 10.1. The summed E-state index contributed by atoms with van der Waals surface area (Å²) in [7, 11) is 0. The molecule has 50 heavy (non-hydrogen) atoms. The molecule has 0 aliphatic rings. The smallest absolute Gasteiger partial charge is 0.293 e. The lowest BCUT2D eigenvalue weighted by Gasteiger charge is -2.06. The molecule has 0 spiro atoms. The number of hydrogen-bond donors (Lipinski definition) is 2. The number of pyridine rings is 2. The van der Waals surface area contributed by atoms with Gasteiger partial charge in [0.25, 0.3) is 11.5 Å². The molecule has 14 heteroatoms. The summed E-state index contributed by atoms with van der Waals surface area (Å²) in [6.07, 6.45) is 4.78. The highest BCUT2D eigenvalue weighted by Gasteiger charge is 2.19. The highest BCUT2D eigenvalue weighted by Crippen LogP contribution is 2.28. The maximum Gasteiger partial charge on any atom is 0.293 e. The van der Waals surface area contributed by atoms with Crippen molar-refractivity contribution in [2.24, 2.45) is 0 Å². The highest BCUT2D eigenvalue weighted by atomic mass is 32.1. The molecule has 0 atom stereocenters. The van der Waals surface area contributed by atoms with Crippen LogP contribution < -0.4 is 16.2 Å². The van der Waals surface area contributed by atoms with Crippen molar-refractivity contribution in [1.29, 1.82) is 0 Å². The summed E-state index contributed by atoms with van der Waals surface area (Å²) in [6.45, 7) is 1.75. The molecule has 2 aromatic carbocycles. The number of thiazole rings is 2. The lowest BCUT2D eigenvalue weighted by molar-refractivity contribution is -0.116. The Morgan fingerprint density at radius 1 is 0.720 bits per heavy atom. The Kier molecular flexibility index (Phi) is 9.26. The van der Waals surface area contributed by atoms with Crippen LogP contribution in [0, 0.1) is 6.92 Å². The van der Waals surface area contributed by atoms with Gasteiger partial charge in [-0.05, 0) is 49.4 Å². The minimum absolute atomic E-state index is 0.130. The average molecular weight is 699 g/mol. The number of rotatable bonds is 7. The second kappa shape index (κ2) is 14.4. The van der Waals surface area contributed by atoms with E-state index in [1.54, 1.807) is 30.6 Å². The number of hydrogen-bond acceptors (Lipinski definition) is 11. The molecule has 8 rings (SSSR count). The third kappa shape index (κ3) is 7.06. The van der Waals surface area contributed by atoms with Crippen LogP contribution in [-0.2, 0) is 11.3 Å². The summed E-state index contributed by atoms with van der Waals surface area (Å²) in [6, 6.07) is 25.8. The molecule has 12 nitrogen and oxygen atoms in total. The maximum atomic E-state index is 12.5. The van der Waals surface area contributed by atoms with Gasteiger partial charge in [-0.15, -0.1) is 22.7 Å². The van der Waals surface area contributed by atoms with Gasteiger partial charge in [0.2, 0.25) is 5.91 Å². The van der Waals surface area contributed by atoms with E-state index in [9.17, 15) is 14.4 Å². The van der Waals surface area contributed by atoms with Crippen LogP contribution in [0.15, 0.2) is 124 Å². The molecule has 0 aliphatic heterocycles. The van der Waals surface area contributed by atoms with E-state index < -0.39 is 0 Å². The Balaban J connectivity index is 0.000000157. The third-order valence-electron chi connectivity index (χ3n) is 7.43. The third-order valence-corrected chi connectivity index (χ3v) is 8.94. The maximum absolute atomic E-state index is 12.5. The van der Waals surface area contributed by atoms with Gasteiger partial charge < -0.3 is 9.73 Å². The van der Waals surface area contributed by atoms with E-state index in [1.807, 2.05) is 84.4 Å². The number of aromatic nitrogens is 6. The molecular weight excluding hydrogens is 673 g/mol. The number of amides is 2. The second-order valence-corrected chi connectivity index (χ2v) is 12.5. The van der Waals surface area contributed by atoms with E-state index in [4.69, 9.17) is 4.42 Å². The van der Waals surface area contributed by atoms with Gasteiger partial charge >= 0.3 is 0 Å². The van der Waals surface area contributed by atoms with Crippen molar-refractivity contribution < 1.29 is 14.0 Å². The number of carbonyl (C=O) groups excluding carboxylic acids is 2. The summed E-state index contributed by atoms with van der Waals surface area (Å²) in [5.74, 6) is -0.331. The summed E-state index contributed by atoms with van der Waals surface area (Å²) >= 11 is 2.66. The predicted molar refractivity (Wildman–Crippen MR) is 194 cm³/mol. The number of nitrogens with zero attached hydrogens (tertiary/aromatic N) is 6. The van der Waals surface area contributed by atoms with Crippen LogP contribution in [0.1, 0.15) is 16.1 Å². The Morgan fingerprint density at radius 2 is 1.32 bits per heavy atom. The predicted octanol–water partition coefficient (Wildman–Crippen LogP) is 7.07. The fraction of sp³-hybridized carbons (Fsp3) is 0.0556. The standard InChI is InChI=1S/C18H13N5O2S.C18H13N3O2S/c24-16(9-23-11-20-13-6-2-1-5-12(13)17(23)25)22-18-21-15(10-26-18)14-7-3-4-8-19-14;1-11-12-6-2-3-8-15(12)23-16(11)17(22)21-18-20-14(10-24-18)13-7-4-5-9-19-13/h1-8,10-11H,9H2,(H,21,22,24);2-10H,1H3,(H,20,21,22). The fourth-order valence-electron chi connectivity index (χ4n) is 5.00. The van der Waals surface area contributed by atoms with E-state index in [1.165, 1.54) is 33.6 Å². The van der Waals surface area contributed by atoms with Crippen molar-refractivity contribution in [3.05, 3.63) is 136 Å². The molecule has 6 heterocycles. The van der Waals surface area contributed by atoms with Gasteiger partial charge in [-0.3, -0.25) is 34.2 Å². The largest absolute Gasteiger partial charge is 0.451 e. The van der Waals surface area contributed by atoms with Gasteiger partial charge in [0.15, 0.2) is 16.0 Å². The zero-order chi connectivity index (χ0) is 34.5. The first kappa shape index (κ1) is 32.2. The molecule has 0 fully saturated rings. The molecule has 0 bridgehead atoms. The van der Waals surface area contributed by atoms with Crippen molar-refractivity contribution in [1.82, 2.24) is 29.5 Å². The molecule has 0 unspecified atom stereocenters. The first-order valence-electron chi connectivity index (χ1n) is 15.2. The zero-order valence-electron chi connectivity index (χ0n) is 26.3. The topological polar surface area (TPSA) is 158 Å². The molecule has 6 aromatic heterocycles. The molecule has 0 radical (unpaired) electrons. The molecule has 2 N–H and O–H groups in total. The lowest BCUT2D eigenvalue weighted by Crippen LogP contribution is -2.27. The van der Waals surface area contributed by atoms with Crippen LogP contribution in [0.5, 0.6) is 0 Å². The minimum atomic E-state index is -0.342. The van der Waals surface area contributed by atoms with E-state index >= 15 is 0 Å². The summed E-state index contributed by atoms with van der Waals surface area (Å²) in [5.41, 5.74) is 4.81. The van der Waals surface area contributed by atoms with Crippen molar-refractivity contribution in [2.75, 3.05) is 10.6 Å². The fourth-order valence-corrected chi connectivity index (χ4v) is 6.42. The normalized spacial score (nSPS) is 10.8. The number of benzene rings is 2. The van der Waals surface area contributed by atoms with Crippen LogP contribution in [-0.4, -0.2) is 41.3 Å². The number of anilines is 2. The number of nitrogens with one attached hydrogen (secondary N) is 2. The van der Waals surface area contributed by atoms with Crippen molar-refractivity contribution >= 4 is 66.6 Å². The van der Waals surface area contributed by atoms with Gasteiger partial charge in [0.1, 0.15) is 23.5 Å². The minimum Gasteiger partial charge on any atom is -0.451 e. The molecular formula is C36H26N8O4S2. The molecule has 2 amide bonds. The van der Waals surface area contributed by atoms with Gasteiger partial charge in [-0.25, -0.2) is 15.0 Å². The van der Waals surface area contributed by atoms with Gasteiger partial charge in [-0.2, -0.15) is 0 Å². The van der Waals surface area contributed by atoms with Crippen molar-refractivity contribution in [3.63, 3.8) is 0 Å². The zero-order valence-corrected chi connectivity index (χ0v) is 27.9. The van der Waals surface area contributed by atoms with Crippen LogP contribution in [0.3, 0.4) is 0 Å². The Hall–Kier alpha value is -6.38. The van der Waals surface area contributed by atoms with Crippen molar-refractivity contribution in [3.8, 4) is 22.8 Å². The number of fused-ring (bicyclic) bond motifs is 2. The van der Waals surface area contributed by atoms with Crippen LogP contribution in [0.25, 0.3) is 44.6 Å². The Morgan fingerprint density at radius 3 is 1.96 bits per heavy atom. The number of para-hydroxylation sites is 2. The quantitative estimate of drug-likeness (QED) is 0.178. The number of furan rings is 1. The van der Waals surface area contributed by atoms with Crippen molar-refractivity contribution in [2.45, 2.75) is 13.5 Å². The molecule has 246 valence electrons. The van der Waals surface area contributed by atoms with Crippen LogP contribution in [0.4, 0.5) is 10.3 Å². The number of carbonyl (C=O) groups is 2. The second-order valence-electron chi connectivity index (χ2n) is 10.8. The van der Waals surface area contributed by atoms with Gasteiger partial charge in [0.05, 0.1) is 28.6 Å². The summed E-state index contributed by atoms with van der Waals surface area (Å²) in [5, 5.41) is 11.6. The Labute approximate surface area is 292 Å². The molecule has 0 aliphatic carbocycles. The molecule has 0 saturated carbocycles. The highest BCUT2D eigenvalue weighted by molar-refractivity contribution is 7.14. The van der Waals surface area contributed by atoms with Gasteiger partial charge in [-0.1, -0.05) is 42.5 Å². The first-order valence-corrected chi connectivity index (χ1v) is 17.0. The summed E-state index contributed by atoms with van der Waals surface area (Å²) < 4.78 is 6.96. The van der Waals surface area contributed by atoms with E-state index in [0.717, 1.165) is 28.0 Å². The van der Waals surface area contributed by atoms with E-state index in [-0.39, 0.29) is 23.9 Å². The van der Waals surface area contributed by atoms with E-state index in [0.29, 0.717) is 38.2 Å². The van der Waals surface area contributed by atoms with Crippen LogP contribution >= 0.6 is 22.7 Å². The van der Waals surface area contributed by atoms with Gasteiger partial charge in [0, 0.05) is 34.1 Å². The molecule has 8 aromatic rings. The first-order chi connectivity index (χ1) is 24.4. The van der Waals surface area contributed by atoms with E-state index in [2.05, 4.69) is 35.6 Å². The van der Waals surface area contributed by atoms with Crippen LogP contribution in [0.2, 0.25) is 0 Å². The average Bonchev–Trinajstić information content (AvgIpc) is 3.90. The number of aryl methyl sites for hydroxylation is 1. The molecule has 0 saturated heterocycles. The Bertz CT molecular complexity index is 2510. The SMILES string of the molecule is Cc1c(C(=O)Nc2nc(-c3ccccn3)cs2)oc2ccccc12.O=C(Cn1cnc2ccccc2c1=O)Nc1nc(-c2ccccn2)cs1.